The standard InChI is InChI=1S/C22H27FN4O2/c1-3-27(4-2)24-15-17-13-16(14-20(23)21(17)28)22(29)25-18-7-9-19(10-8-18)26-11-5-6-12-26/h7-10,13-15,28H,3-6,11-12H2,1-2H3,(H,25,29)/b24-15+. The summed E-state index contributed by atoms with van der Waals surface area (Å²) in [7, 11) is 0. The number of nitrogens with zero attached hydrogens (tertiary/aromatic N) is 3. The highest BCUT2D eigenvalue weighted by Crippen LogP contribution is 2.24. The number of hydrazone groups is 1. The van der Waals surface area contributed by atoms with Gasteiger partial charge in [0.05, 0.1) is 6.21 Å². The fourth-order valence-corrected chi connectivity index (χ4v) is 3.31. The summed E-state index contributed by atoms with van der Waals surface area (Å²) < 4.78 is 14.1. The molecule has 6 nitrogen and oxygen atoms in total. The molecule has 0 atom stereocenters. The van der Waals surface area contributed by atoms with E-state index in [1.165, 1.54) is 25.1 Å². The Morgan fingerprint density at radius 1 is 1.21 bits per heavy atom. The van der Waals surface area contributed by atoms with Crippen LogP contribution in [0.1, 0.15) is 42.6 Å². The third-order valence-corrected chi connectivity index (χ3v) is 5.04. The second-order valence-electron chi connectivity index (χ2n) is 6.97. The van der Waals surface area contributed by atoms with Crippen molar-refractivity contribution in [2.45, 2.75) is 26.7 Å². The molecule has 1 amide bonds. The largest absolute Gasteiger partial charge is 0.504 e. The predicted octanol–water partition coefficient (Wildman–Crippen LogP) is 4.06. The van der Waals surface area contributed by atoms with Crippen LogP contribution in [0.5, 0.6) is 5.75 Å². The summed E-state index contributed by atoms with van der Waals surface area (Å²) in [5, 5.41) is 18.7. The van der Waals surface area contributed by atoms with Gasteiger partial charge in [0.2, 0.25) is 0 Å². The summed E-state index contributed by atoms with van der Waals surface area (Å²) in [6, 6.07) is 10.1. The average Bonchev–Trinajstić information content (AvgIpc) is 3.27. The van der Waals surface area contributed by atoms with Gasteiger partial charge in [-0.2, -0.15) is 5.10 Å². The minimum atomic E-state index is -0.858. The Balaban J connectivity index is 1.74. The van der Waals surface area contributed by atoms with Gasteiger partial charge in [-0.15, -0.1) is 0 Å². The Bertz CT molecular complexity index is 873. The number of amides is 1. The quantitative estimate of drug-likeness (QED) is 0.545. The van der Waals surface area contributed by atoms with E-state index in [0.717, 1.165) is 24.8 Å². The number of hydrogen-bond acceptors (Lipinski definition) is 5. The van der Waals surface area contributed by atoms with E-state index in [4.69, 9.17) is 0 Å². The number of carbonyl (C=O) groups is 1. The van der Waals surface area contributed by atoms with E-state index in [1.54, 1.807) is 5.01 Å². The zero-order valence-electron chi connectivity index (χ0n) is 16.9. The zero-order chi connectivity index (χ0) is 20.8. The molecule has 2 aromatic rings. The van der Waals surface area contributed by atoms with E-state index < -0.39 is 17.5 Å². The number of halogens is 1. The van der Waals surface area contributed by atoms with E-state index in [9.17, 15) is 14.3 Å². The number of rotatable bonds is 7. The first-order valence-corrected chi connectivity index (χ1v) is 9.99. The predicted molar refractivity (Wildman–Crippen MR) is 114 cm³/mol. The van der Waals surface area contributed by atoms with Crippen LogP contribution in [0.4, 0.5) is 15.8 Å². The number of anilines is 2. The second-order valence-corrected chi connectivity index (χ2v) is 6.97. The highest BCUT2D eigenvalue weighted by Gasteiger charge is 2.15. The Morgan fingerprint density at radius 3 is 2.48 bits per heavy atom. The summed E-state index contributed by atoms with van der Waals surface area (Å²) in [5.74, 6) is -1.83. The number of hydrogen-bond donors (Lipinski definition) is 2. The maximum absolute atomic E-state index is 14.1. The van der Waals surface area contributed by atoms with Crippen LogP contribution in [0.3, 0.4) is 0 Å². The van der Waals surface area contributed by atoms with Crippen LogP contribution in [0.15, 0.2) is 41.5 Å². The minimum absolute atomic E-state index is 0.116. The van der Waals surface area contributed by atoms with Gasteiger partial charge < -0.3 is 15.3 Å². The summed E-state index contributed by atoms with van der Waals surface area (Å²) in [6.07, 6.45) is 3.77. The monoisotopic (exact) mass is 398 g/mol. The first kappa shape index (κ1) is 20.6. The SMILES string of the molecule is CCN(CC)/N=C/c1cc(C(=O)Nc2ccc(N3CCCC3)cc2)cc(F)c1O. The van der Waals surface area contributed by atoms with Crippen molar-refractivity contribution in [2.24, 2.45) is 5.10 Å². The van der Waals surface area contributed by atoms with Crippen LogP contribution < -0.4 is 10.2 Å². The van der Waals surface area contributed by atoms with Crippen molar-refractivity contribution in [3.8, 4) is 5.75 Å². The smallest absolute Gasteiger partial charge is 0.255 e. The molecule has 0 bridgehead atoms. The van der Waals surface area contributed by atoms with Crippen molar-refractivity contribution in [1.29, 1.82) is 0 Å². The number of benzene rings is 2. The Kier molecular flexibility index (Phi) is 6.69. The van der Waals surface area contributed by atoms with Gasteiger partial charge in [-0.1, -0.05) is 0 Å². The Labute approximate surface area is 170 Å². The number of phenolic OH excluding ortho intramolecular Hbond substituents is 1. The van der Waals surface area contributed by atoms with Crippen LogP contribution in [-0.4, -0.2) is 48.4 Å². The molecule has 1 fully saturated rings. The molecule has 2 N–H and O–H groups in total. The molecule has 7 heteroatoms. The summed E-state index contributed by atoms with van der Waals surface area (Å²) in [6.45, 7) is 7.36. The van der Waals surface area contributed by atoms with Gasteiger partial charge in [0.15, 0.2) is 11.6 Å². The van der Waals surface area contributed by atoms with Crippen molar-refractivity contribution < 1.29 is 14.3 Å². The first-order chi connectivity index (χ1) is 14.0. The lowest BCUT2D eigenvalue weighted by atomic mass is 10.1. The van der Waals surface area contributed by atoms with Gasteiger partial charge >= 0.3 is 0 Å². The minimum Gasteiger partial charge on any atom is -0.504 e. The molecule has 1 saturated heterocycles. The molecule has 0 aliphatic carbocycles. The van der Waals surface area contributed by atoms with Crippen LogP contribution in [-0.2, 0) is 0 Å². The fourth-order valence-electron chi connectivity index (χ4n) is 3.31. The molecule has 2 aromatic carbocycles. The van der Waals surface area contributed by atoms with Crippen LogP contribution in [0.25, 0.3) is 0 Å². The summed E-state index contributed by atoms with van der Waals surface area (Å²) in [4.78, 5) is 14.9. The van der Waals surface area contributed by atoms with E-state index in [-0.39, 0.29) is 11.1 Å². The number of nitrogens with one attached hydrogen (secondary N) is 1. The topological polar surface area (TPSA) is 68.2 Å². The van der Waals surface area contributed by atoms with Crippen molar-refractivity contribution in [3.05, 3.63) is 53.3 Å². The lowest BCUT2D eigenvalue weighted by Gasteiger charge is -2.17. The van der Waals surface area contributed by atoms with E-state index in [0.29, 0.717) is 18.8 Å². The fraction of sp³-hybridized carbons (Fsp3) is 0.364. The zero-order valence-corrected chi connectivity index (χ0v) is 16.9. The lowest BCUT2D eigenvalue weighted by molar-refractivity contribution is 0.102. The third-order valence-electron chi connectivity index (χ3n) is 5.04. The highest BCUT2D eigenvalue weighted by atomic mass is 19.1. The molecule has 0 radical (unpaired) electrons. The number of aromatic hydroxyl groups is 1. The van der Waals surface area contributed by atoms with E-state index in [1.807, 2.05) is 38.1 Å². The number of phenols is 1. The Morgan fingerprint density at radius 2 is 1.86 bits per heavy atom. The molecular weight excluding hydrogens is 371 g/mol. The molecule has 3 rings (SSSR count). The van der Waals surface area contributed by atoms with E-state index in [2.05, 4.69) is 15.3 Å². The normalized spacial score (nSPS) is 13.8. The van der Waals surface area contributed by atoms with Crippen molar-refractivity contribution in [3.63, 3.8) is 0 Å². The molecule has 0 aromatic heterocycles. The molecule has 0 spiro atoms. The molecule has 1 aliphatic rings. The highest BCUT2D eigenvalue weighted by molar-refractivity contribution is 6.05. The summed E-state index contributed by atoms with van der Waals surface area (Å²) in [5.41, 5.74) is 2.03. The molecule has 29 heavy (non-hydrogen) atoms. The van der Waals surface area contributed by atoms with Crippen LogP contribution in [0, 0.1) is 5.82 Å². The molecule has 0 unspecified atom stereocenters. The van der Waals surface area contributed by atoms with Crippen molar-refractivity contribution >= 4 is 23.5 Å². The second kappa shape index (κ2) is 9.41. The maximum Gasteiger partial charge on any atom is 0.255 e. The van der Waals surface area contributed by atoms with Gasteiger partial charge in [0.1, 0.15) is 0 Å². The third kappa shape index (κ3) is 5.04. The van der Waals surface area contributed by atoms with Crippen molar-refractivity contribution in [2.75, 3.05) is 36.4 Å². The van der Waals surface area contributed by atoms with Gasteiger partial charge in [0.25, 0.3) is 5.91 Å². The first-order valence-electron chi connectivity index (χ1n) is 9.99. The van der Waals surface area contributed by atoms with Crippen LogP contribution in [0.2, 0.25) is 0 Å². The maximum atomic E-state index is 14.1. The van der Waals surface area contributed by atoms with Gasteiger partial charge in [-0.05, 0) is 63.1 Å². The van der Waals surface area contributed by atoms with Gasteiger partial charge in [-0.3, -0.25) is 9.80 Å². The lowest BCUT2D eigenvalue weighted by Crippen LogP contribution is -2.17. The number of carbonyl (C=O) groups excluding carboxylic acids is 1. The molecule has 0 saturated carbocycles. The molecule has 154 valence electrons. The molecular formula is C22H27FN4O2. The average molecular weight is 398 g/mol. The summed E-state index contributed by atoms with van der Waals surface area (Å²) >= 11 is 0. The van der Waals surface area contributed by atoms with E-state index >= 15 is 0 Å². The Hall–Kier alpha value is -3.09. The van der Waals surface area contributed by atoms with Crippen LogP contribution >= 0.6 is 0 Å². The molecule has 1 aliphatic heterocycles. The molecule has 1 heterocycles. The van der Waals surface area contributed by atoms with Gasteiger partial charge in [0, 0.05) is 48.7 Å². The van der Waals surface area contributed by atoms with Crippen molar-refractivity contribution in [1.82, 2.24) is 5.01 Å². The van der Waals surface area contributed by atoms with Gasteiger partial charge in [-0.25, -0.2) is 4.39 Å².